The van der Waals surface area contributed by atoms with Crippen molar-refractivity contribution >= 4 is 39.6 Å². The quantitative estimate of drug-likeness (QED) is 0.129. The molecule has 0 spiro atoms. The predicted octanol–water partition coefficient (Wildman–Crippen LogP) is 6.95. The van der Waals surface area contributed by atoms with Crippen LogP contribution in [0.1, 0.15) is 50.3 Å². The number of aromatic nitrogens is 2. The highest BCUT2D eigenvalue weighted by Crippen LogP contribution is 2.49. The van der Waals surface area contributed by atoms with Crippen molar-refractivity contribution in [2.24, 2.45) is 0 Å². The van der Waals surface area contributed by atoms with Crippen LogP contribution in [0.5, 0.6) is 0 Å². The van der Waals surface area contributed by atoms with Gasteiger partial charge in [0.2, 0.25) is 11.8 Å². The van der Waals surface area contributed by atoms with Crippen molar-refractivity contribution in [2.45, 2.75) is 44.7 Å². The van der Waals surface area contributed by atoms with Crippen LogP contribution in [0.15, 0.2) is 97.2 Å². The fourth-order valence-corrected chi connectivity index (χ4v) is 7.95. The maximum atomic E-state index is 14.9. The first kappa shape index (κ1) is 32.8. The first-order valence-electron chi connectivity index (χ1n) is 18.0. The summed E-state index contributed by atoms with van der Waals surface area (Å²) < 4.78 is 1.74. The van der Waals surface area contributed by atoms with Crippen molar-refractivity contribution in [2.75, 3.05) is 49.1 Å². The number of rotatable bonds is 8. The molecule has 51 heavy (non-hydrogen) atoms. The molecule has 0 aliphatic carbocycles. The van der Waals surface area contributed by atoms with Crippen LogP contribution in [0.4, 0.5) is 17.1 Å². The van der Waals surface area contributed by atoms with E-state index in [1.807, 2.05) is 72.9 Å². The van der Waals surface area contributed by atoms with Gasteiger partial charge in [0.25, 0.3) is 5.69 Å². The average Bonchev–Trinajstić information content (AvgIpc) is 3.61. The number of carbonyl (C=O) groups excluding carboxylic acids is 2. The smallest absolute Gasteiger partial charge is 0.270 e. The van der Waals surface area contributed by atoms with Crippen molar-refractivity contribution in [1.82, 2.24) is 19.6 Å². The molecule has 2 saturated heterocycles. The van der Waals surface area contributed by atoms with Crippen LogP contribution in [0.2, 0.25) is 0 Å². The molecule has 0 unspecified atom stereocenters. The van der Waals surface area contributed by atoms with E-state index in [1.165, 1.54) is 12.1 Å². The van der Waals surface area contributed by atoms with Crippen LogP contribution >= 0.6 is 0 Å². The summed E-state index contributed by atoms with van der Waals surface area (Å²) in [6, 6.07) is 27.9. The normalized spacial score (nSPS) is 17.2. The molecule has 1 aromatic heterocycles. The lowest BCUT2D eigenvalue weighted by Crippen LogP contribution is -2.54. The number of non-ortho nitro benzene ring substituents is 1. The summed E-state index contributed by atoms with van der Waals surface area (Å²) in [5, 5.41) is 18.8. The zero-order valence-electron chi connectivity index (χ0n) is 28.6. The highest BCUT2D eigenvalue weighted by Gasteiger charge is 2.43. The summed E-state index contributed by atoms with van der Waals surface area (Å²) in [4.78, 5) is 49.4. The standard InChI is InChI=1S/C40H41N7O4/c48-36(27-42-21-6-2-7-22-42)45-34-19-11-13-29-14-12-20-35(38(29)34)46(37(49)28-43-23-8-3-9-24-43)40(45)33-26-44(31-16-4-1-5-17-31)41-39(33)30-15-10-18-32(25-30)47(50)51/h1,4-5,10-20,25-26,40H,2-3,6-9,21-24,27-28H2. The lowest BCUT2D eigenvalue weighted by atomic mass is 9.96. The molecule has 3 aliphatic heterocycles. The molecule has 2 amide bonds. The molecule has 8 rings (SSSR count). The monoisotopic (exact) mass is 683 g/mol. The molecule has 0 radical (unpaired) electrons. The zero-order chi connectivity index (χ0) is 34.9. The second-order valence-electron chi connectivity index (χ2n) is 13.7. The molecule has 5 aromatic rings. The molecule has 4 heterocycles. The third kappa shape index (κ3) is 6.39. The molecule has 11 heteroatoms. The minimum Gasteiger partial charge on any atom is -0.294 e. The van der Waals surface area contributed by atoms with Crippen molar-refractivity contribution in [3.05, 3.63) is 113 Å². The van der Waals surface area contributed by atoms with Crippen LogP contribution < -0.4 is 9.80 Å². The summed E-state index contributed by atoms with van der Waals surface area (Å²) >= 11 is 0. The molecule has 0 N–H and O–H groups in total. The van der Waals surface area contributed by atoms with E-state index in [1.54, 1.807) is 26.6 Å². The first-order chi connectivity index (χ1) is 25.0. The molecule has 0 bridgehead atoms. The number of nitro groups is 1. The Hall–Kier alpha value is -5.39. The van der Waals surface area contributed by atoms with Gasteiger partial charge in [0.15, 0.2) is 0 Å². The van der Waals surface area contributed by atoms with Crippen LogP contribution in [-0.2, 0) is 9.59 Å². The lowest BCUT2D eigenvalue weighted by molar-refractivity contribution is -0.384. The molecule has 11 nitrogen and oxygen atoms in total. The van der Waals surface area contributed by atoms with Crippen molar-refractivity contribution < 1.29 is 14.5 Å². The summed E-state index contributed by atoms with van der Waals surface area (Å²) in [5.74, 6) is -0.228. The van der Waals surface area contributed by atoms with Crippen molar-refractivity contribution in [3.8, 4) is 16.9 Å². The second kappa shape index (κ2) is 14.1. The summed E-state index contributed by atoms with van der Waals surface area (Å²) in [6.45, 7) is 3.78. The van der Waals surface area contributed by atoms with Crippen molar-refractivity contribution in [1.29, 1.82) is 0 Å². The number of benzene rings is 4. The van der Waals surface area contributed by atoms with E-state index in [-0.39, 0.29) is 30.6 Å². The Morgan fingerprint density at radius 1 is 0.706 bits per heavy atom. The summed E-state index contributed by atoms with van der Waals surface area (Å²) in [6.07, 6.45) is 7.41. The van der Waals surface area contributed by atoms with Gasteiger partial charge in [-0.25, -0.2) is 4.68 Å². The number of likely N-dealkylation sites (tertiary alicyclic amines) is 2. The topological polar surface area (TPSA) is 108 Å². The molecule has 2 fully saturated rings. The SMILES string of the molecule is O=C(CN1CCCCC1)N1c2cccc3cccc(c23)N(C(=O)CN2CCCCC2)C1c1cn(-c2ccccc2)nc1-c1cccc([N+](=O)[O-])c1. The molecular weight excluding hydrogens is 642 g/mol. The van der Waals surface area contributed by atoms with E-state index >= 15 is 0 Å². The minimum absolute atomic E-state index is 0.0671. The van der Waals surface area contributed by atoms with Gasteiger partial charge in [-0.05, 0) is 81.5 Å². The Morgan fingerprint density at radius 2 is 1.27 bits per heavy atom. The van der Waals surface area contributed by atoms with E-state index in [0.29, 0.717) is 16.8 Å². The maximum absolute atomic E-state index is 14.9. The highest BCUT2D eigenvalue weighted by atomic mass is 16.6. The number of amides is 2. The molecule has 3 aliphatic rings. The van der Waals surface area contributed by atoms with Crippen LogP contribution in [0, 0.1) is 10.1 Å². The van der Waals surface area contributed by atoms with Crippen LogP contribution in [0.25, 0.3) is 27.7 Å². The Morgan fingerprint density at radius 3 is 1.84 bits per heavy atom. The zero-order valence-corrected chi connectivity index (χ0v) is 28.6. The number of nitro benzene ring substituents is 1. The van der Waals surface area contributed by atoms with Gasteiger partial charge in [0, 0.05) is 34.8 Å². The number of anilines is 2. The predicted molar refractivity (Wildman–Crippen MR) is 198 cm³/mol. The number of piperidine rings is 2. The highest BCUT2D eigenvalue weighted by molar-refractivity contribution is 6.17. The number of hydrogen-bond acceptors (Lipinski definition) is 7. The average molecular weight is 684 g/mol. The number of para-hydroxylation sites is 1. The van der Waals surface area contributed by atoms with E-state index in [9.17, 15) is 19.7 Å². The molecule has 260 valence electrons. The Balaban J connectivity index is 1.36. The Kier molecular flexibility index (Phi) is 9.06. The molecule has 0 atom stereocenters. The maximum Gasteiger partial charge on any atom is 0.270 e. The van der Waals surface area contributed by atoms with Gasteiger partial charge in [-0.15, -0.1) is 0 Å². The Bertz CT molecular complexity index is 2010. The fourth-order valence-electron chi connectivity index (χ4n) is 7.95. The number of nitrogens with zero attached hydrogens (tertiary/aromatic N) is 7. The summed E-state index contributed by atoms with van der Waals surface area (Å²) in [5.41, 5.74) is 3.77. The summed E-state index contributed by atoms with van der Waals surface area (Å²) in [7, 11) is 0. The van der Waals surface area contributed by atoms with Crippen LogP contribution in [-0.4, -0.2) is 75.6 Å². The molecule has 4 aromatic carbocycles. The Labute approximate surface area is 296 Å². The van der Waals surface area contributed by atoms with Gasteiger partial charge in [0.05, 0.1) is 35.1 Å². The van der Waals surface area contributed by atoms with Gasteiger partial charge >= 0.3 is 0 Å². The third-order valence-electron chi connectivity index (χ3n) is 10.4. The first-order valence-corrected chi connectivity index (χ1v) is 18.0. The van der Waals surface area contributed by atoms with Gasteiger partial charge in [-0.3, -0.25) is 39.3 Å². The van der Waals surface area contributed by atoms with E-state index in [2.05, 4.69) is 9.80 Å². The molecular formula is C40H41N7O4. The number of carbonyl (C=O) groups is 2. The third-order valence-corrected chi connectivity index (χ3v) is 10.4. The van der Waals surface area contributed by atoms with Crippen LogP contribution in [0.3, 0.4) is 0 Å². The van der Waals surface area contributed by atoms with E-state index in [4.69, 9.17) is 5.10 Å². The van der Waals surface area contributed by atoms with Gasteiger partial charge in [-0.1, -0.05) is 67.4 Å². The van der Waals surface area contributed by atoms with E-state index < -0.39 is 11.1 Å². The van der Waals surface area contributed by atoms with Crippen molar-refractivity contribution in [3.63, 3.8) is 0 Å². The largest absolute Gasteiger partial charge is 0.294 e. The molecule has 0 saturated carbocycles. The van der Waals surface area contributed by atoms with Gasteiger partial charge in [0.1, 0.15) is 11.9 Å². The lowest BCUT2D eigenvalue weighted by Gasteiger charge is -2.45. The van der Waals surface area contributed by atoms with Gasteiger partial charge in [-0.2, -0.15) is 5.10 Å². The number of hydrogen-bond donors (Lipinski definition) is 0. The minimum atomic E-state index is -0.910. The van der Waals surface area contributed by atoms with E-state index in [0.717, 1.165) is 92.5 Å². The second-order valence-corrected chi connectivity index (χ2v) is 13.7. The van der Waals surface area contributed by atoms with Gasteiger partial charge < -0.3 is 0 Å². The fraction of sp³-hybridized carbons (Fsp3) is 0.325.